The Labute approximate surface area is 214 Å². The molecule has 0 bridgehead atoms. The van der Waals surface area contributed by atoms with Crippen LogP contribution in [0.5, 0.6) is 5.75 Å². The number of nitrogens with one attached hydrogen (secondary N) is 1. The van der Waals surface area contributed by atoms with Gasteiger partial charge in [0, 0.05) is 10.9 Å². The number of pyridine rings is 1. The lowest BCUT2D eigenvalue weighted by molar-refractivity contribution is 0.0734. The van der Waals surface area contributed by atoms with E-state index < -0.39 is 5.97 Å². The number of carbonyl (C=O) groups excluding carboxylic acids is 2. The van der Waals surface area contributed by atoms with Gasteiger partial charge in [0.25, 0.3) is 5.91 Å². The molecule has 1 heterocycles. The Morgan fingerprint density at radius 3 is 2.27 bits per heavy atom. The summed E-state index contributed by atoms with van der Waals surface area (Å²) in [5, 5.41) is 4.90. The van der Waals surface area contributed by atoms with Crippen molar-refractivity contribution in [3.05, 3.63) is 131 Å². The van der Waals surface area contributed by atoms with Crippen LogP contribution in [0.3, 0.4) is 0 Å². The third-order valence-corrected chi connectivity index (χ3v) is 5.76. The number of hydrogen-bond donors (Lipinski definition) is 1. The number of benzene rings is 4. The zero-order chi connectivity index (χ0) is 25.6. The summed E-state index contributed by atoms with van der Waals surface area (Å²) in [6.07, 6.45) is 1.54. The molecule has 0 aliphatic heterocycles. The average Bonchev–Trinajstić information content (AvgIpc) is 2.94. The SMILES string of the molecule is Cc1ccc2nc(-c3ccccc3)cc(C(=O)NN=Cc3ccc(OC(=O)c4ccccc4)cc3)c2c1. The smallest absolute Gasteiger partial charge is 0.343 e. The molecule has 6 nitrogen and oxygen atoms in total. The molecule has 37 heavy (non-hydrogen) atoms. The monoisotopic (exact) mass is 485 g/mol. The first-order valence-electron chi connectivity index (χ1n) is 11.7. The molecule has 1 aromatic heterocycles. The van der Waals surface area contributed by atoms with E-state index in [2.05, 4.69) is 10.5 Å². The van der Waals surface area contributed by atoms with Crippen LogP contribution in [-0.4, -0.2) is 23.1 Å². The largest absolute Gasteiger partial charge is 0.423 e. The Morgan fingerprint density at radius 1 is 0.838 bits per heavy atom. The van der Waals surface area contributed by atoms with Crippen molar-refractivity contribution in [2.24, 2.45) is 5.10 Å². The van der Waals surface area contributed by atoms with Crippen molar-refractivity contribution in [3.8, 4) is 17.0 Å². The molecule has 4 aromatic carbocycles. The molecule has 5 rings (SSSR count). The van der Waals surface area contributed by atoms with E-state index in [0.29, 0.717) is 22.6 Å². The van der Waals surface area contributed by atoms with Gasteiger partial charge < -0.3 is 4.74 Å². The van der Waals surface area contributed by atoms with Crippen molar-refractivity contribution in [1.29, 1.82) is 0 Å². The highest BCUT2D eigenvalue weighted by Gasteiger charge is 2.14. The first kappa shape index (κ1) is 23.6. The van der Waals surface area contributed by atoms with Crippen molar-refractivity contribution in [3.63, 3.8) is 0 Å². The second kappa shape index (κ2) is 10.7. The van der Waals surface area contributed by atoms with Crippen LogP contribution in [0, 0.1) is 6.92 Å². The lowest BCUT2D eigenvalue weighted by Gasteiger charge is -2.10. The van der Waals surface area contributed by atoms with Crippen LogP contribution in [0.25, 0.3) is 22.2 Å². The fraction of sp³-hybridized carbons (Fsp3) is 0.0323. The molecule has 0 fully saturated rings. The number of hydrazone groups is 1. The summed E-state index contributed by atoms with van der Waals surface area (Å²) in [5.41, 5.74) is 7.74. The van der Waals surface area contributed by atoms with Crippen molar-refractivity contribution in [1.82, 2.24) is 10.4 Å². The molecular formula is C31H23N3O3. The lowest BCUT2D eigenvalue weighted by atomic mass is 10.0. The van der Waals surface area contributed by atoms with Crippen LogP contribution >= 0.6 is 0 Å². The lowest BCUT2D eigenvalue weighted by Crippen LogP contribution is -2.18. The topological polar surface area (TPSA) is 80.7 Å². The number of carbonyl (C=O) groups is 2. The zero-order valence-electron chi connectivity index (χ0n) is 20.1. The molecule has 0 spiro atoms. The molecule has 1 amide bonds. The van der Waals surface area contributed by atoms with Crippen LogP contribution < -0.4 is 10.2 Å². The minimum absolute atomic E-state index is 0.333. The number of hydrogen-bond acceptors (Lipinski definition) is 5. The van der Waals surface area contributed by atoms with Crippen molar-refractivity contribution < 1.29 is 14.3 Å². The Balaban J connectivity index is 1.32. The van der Waals surface area contributed by atoms with Gasteiger partial charge in [-0.3, -0.25) is 4.79 Å². The maximum Gasteiger partial charge on any atom is 0.343 e. The molecule has 0 saturated carbocycles. The van der Waals surface area contributed by atoms with Crippen molar-refractivity contribution in [2.75, 3.05) is 0 Å². The van der Waals surface area contributed by atoms with Gasteiger partial charge in [-0.15, -0.1) is 0 Å². The molecule has 0 atom stereocenters. The van der Waals surface area contributed by atoms with Gasteiger partial charge in [-0.05, 0) is 67.1 Å². The molecule has 0 unspecified atom stereocenters. The van der Waals surface area contributed by atoms with E-state index in [4.69, 9.17) is 9.72 Å². The molecule has 180 valence electrons. The van der Waals surface area contributed by atoms with E-state index >= 15 is 0 Å². The summed E-state index contributed by atoms with van der Waals surface area (Å²) < 4.78 is 5.40. The summed E-state index contributed by atoms with van der Waals surface area (Å²) in [7, 11) is 0. The van der Waals surface area contributed by atoms with Crippen molar-refractivity contribution in [2.45, 2.75) is 6.92 Å². The van der Waals surface area contributed by atoms with Crippen molar-refractivity contribution >= 4 is 29.0 Å². The van der Waals surface area contributed by atoms with E-state index in [1.807, 2.05) is 61.5 Å². The third kappa shape index (κ3) is 5.60. The average molecular weight is 486 g/mol. The van der Waals surface area contributed by atoms with E-state index in [0.717, 1.165) is 27.6 Å². The number of nitrogens with zero attached hydrogens (tertiary/aromatic N) is 2. The number of aromatic nitrogens is 1. The zero-order valence-corrected chi connectivity index (χ0v) is 20.1. The number of rotatable bonds is 6. The Kier molecular flexibility index (Phi) is 6.81. The highest BCUT2D eigenvalue weighted by atomic mass is 16.5. The first-order valence-corrected chi connectivity index (χ1v) is 11.7. The standard InChI is InChI=1S/C31H23N3O3/c1-21-12-17-28-26(18-21)27(19-29(33-28)23-8-4-2-5-9-23)30(35)34-32-20-22-13-15-25(16-14-22)37-31(36)24-10-6-3-7-11-24/h2-20H,1H3,(H,34,35). The van der Waals surface area contributed by atoms with Gasteiger partial charge >= 0.3 is 5.97 Å². The minimum Gasteiger partial charge on any atom is -0.423 e. The molecule has 0 aliphatic carbocycles. The molecule has 6 heteroatoms. The molecule has 0 radical (unpaired) electrons. The van der Waals surface area contributed by atoms with Crippen LogP contribution in [0.2, 0.25) is 0 Å². The second-order valence-corrected chi connectivity index (χ2v) is 8.47. The van der Waals surface area contributed by atoms with Crippen LogP contribution in [0.15, 0.2) is 114 Å². The predicted octanol–water partition coefficient (Wildman–Crippen LogP) is 6.19. The van der Waals surface area contributed by atoms with Gasteiger partial charge in [-0.2, -0.15) is 5.10 Å². The third-order valence-electron chi connectivity index (χ3n) is 5.76. The van der Waals surface area contributed by atoms with Crippen LogP contribution in [-0.2, 0) is 0 Å². The van der Waals surface area contributed by atoms with E-state index in [-0.39, 0.29) is 5.91 Å². The number of aryl methyl sites for hydroxylation is 1. The summed E-state index contributed by atoms with van der Waals surface area (Å²) in [4.78, 5) is 30.1. The normalized spacial score (nSPS) is 10.9. The second-order valence-electron chi connectivity index (χ2n) is 8.47. The van der Waals surface area contributed by atoms with Gasteiger partial charge in [0.05, 0.1) is 28.6 Å². The number of fused-ring (bicyclic) bond motifs is 1. The summed E-state index contributed by atoms with van der Waals surface area (Å²) in [6.45, 7) is 1.98. The number of esters is 1. The van der Waals surface area contributed by atoms with Gasteiger partial charge in [-0.1, -0.05) is 60.2 Å². The quantitative estimate of drug-likeness (QED) is 0.135. The predicted molar refractivity (Wildman–Crippen MR) is 145 cm³/mol. The van der Waals surface area contributed by atoms with Crippen LogP contribution in [0.1, 0.15) is 31.8 Å². The molecule has 5 aromatic rings. The highest BCUT2D eigenvalue weighted by molar-refractivity contribution is 6.07. The van der Waals surface area contributed by atoms with E-state index in [1.54, 1.807) is 54.6 Å². The minimum atomic E-state index is -0.427. The Bertz CT molecular complexity index is 1600. The molecule has 0 aliphatic rings. The fourth-order valence-corrected chi connectivity index (χ4v) is 3.87. The van der Waals surface area contributed by atoms with Gasteiger partial charge in [0.15, 0.2) is 0 Å². The molecular weight excluding hydrogens is 462 g/mol. The van der Waals surface area contributed by atoms with Crippen LogP contribution in [0.4, 0.5) is 0 Å². The fourth-order valence-electron chi connectivity index (χ4n) is 3.87. The maximum atomic E-state index is 13.1. The first-order chi connectivity index (χ1) is 18.1. The summed E-state index contributed by atoms with van der Waals surface area (Å²) in [6, 6.07) is 33.0. The van der Waals surface area contributed by atoms with Gasteiger partial charge in [0.2, 0.25) is 0 Å². The van der Waals surface area contributed by atoms with E-state index in [1.165, 1.54) is 6.21 Å². The number of amides is 1. The van der Waals surface area contributed by atoms with Gasteiger partial charge in [-0.25, -0.2) is 15.2 Å². The highest BCUT2D eigenvalue weighted by Crippen LogP contribution is 2.25. The number of ether oxygens (including phenoxy) is 1. The Hall–Kier alpha value is -5.10. The summed E-state index contributed by atoms with van der Waals surface area (Å²) in [5.74, 6) is -0.342. The van der Waals surface area contributed by atoms with Gasteiger partial charge in [0.1, 0.15) is 5.75 Å². The molecule has 0 saturated heterocycles. The Morgan fingerprint density at radius 2 is 1.54 bits per heavy atom. The maximum absolute atomic E-state index is 13.1. The van der Waals surface area contributed by atoms with E-state index in [9.17, 15) is 9.59 Å². The molecule has 1 N–H and O–H groups in total. The summed E-state index contributed by atoms with van der Waals surface area (Å²) >= 11 is 0.